The predicted octanol–water partition coefficient (Wildman–Crippen LogP) is 7.81. The second kappa shape index (κ2) is 12.0. The van der Waals surface area contributed by atoms with Crippen LogP contribution in [0, 0.1) is 6.92 Å². The molecule has 5 rings (SSSR count). The molecule has 2 amide bonds. The number of halogens is 1. The van der Waals surface area contributed by atoms with Gasteiger partial charge in [0.15, 0.2) is 11.5 Å². The Morgan fingerprint density at radius 1 is 1.00 bits per heavy atom. The highest BCUT2D eigenvalue weighted by Crippen LogP contribution is 2.28. The minimum atomic E-state index is -0.302. The summed E-state index contributed by atoms with van der Waals surface area (Å²) >= 11 is 6.12. The van der Waals surface area contributed by atoms with E-state index < -0.39 is 0 Å². The monoisotopic (exact) mass is 538 g/mol. The zero-order chi connectivity index (χ0) is 27.2. The average molecular weight is 539 g/mol. The Bertz CT molecular complexity index is 1560. The Morgan fingerprint density at radius 3 is 2.54 bits per heavy atom. The first-order chi connectivity index (χ1) is 19.0. The Morgan fingerprint density at radius 2 is 1.77 bits per heavy atom. The average Bonchev–Trinajstić information content (AvgIpc) is 3.42. The summed E-state index contributed by atoms with van der Waals surface area (Å²) in [6.07, 6.45) is 7.79. The topological polar surface area (TPSA) is 74.6 Å². The molecule has 0 radical (unpaired) electrons. The van der Waals surface area contributed by atoms with Crippen molar-refractivity contribution in [2.24, 2.45) is 0 Å². The number of amides is 2. The Kier molecular flexibility index (Phi) is 8.08. The van der Waals surface area contributed by atoms with Gasteiger partial charge in [0, 0.05) is 53.6 Å². The van der Waals surface area contributed by atoms with Gasteiger partial charge in [-0.2, -0.15) is 0 Å². The lowest BCUT2D eigenvalue weighted by atomic mass is 10.1. The number of anilines is 3. The Labute approximate surface area is 233 Å². The number of fused-ring (bicyclic) bond motifs is 1. The van der Waals surface area contributed by atoms with Crippen LogP contribution in [0.3, 0.4) is 0 Å². The van der Waals surface area contributed by atoms with Crippen molar-refractivity contribution in [2.75, 3.05) is 22.1 Å². The number of aromatic nitrogens is 3. The third kappa shape index (κ3) is 6.56. The van der Waals surface area contributed by atoms with Gasteiger partial charge in [-0.25, -0.2) is 14.8 Å². The van der Waals surface area contributed by atoms with Crippen LogP contribution in [0.5, 0.6) is 0 Å². The highest BCUT2D eigenvalue weighted by atomic mass is 35.5. The zero-order valence-corrected chi connectivity index (χ0v) is 22.8. The summed E-state index contributed by atoms with van der Waals surface area (Å²) in [6, 6.07) is 23.0. The number of urea groups is 1. The second-order valence-electron chi connectivity index (χ2n) is 9.54. The van der Waals surface area contributed by atoms with Gasteiger partial charge in [0.2, 0.25) is 0 Å². The lowest BCUT2D eigenvalue weighted by molar-refractivity contribution is 0.262. The van der Waals surface area contributed by atoms with E-state index in [0.29, 0.717) is 12.2 Å². The van der Waals surface area contributed by atoms with Crippen LogP contribution < -0.4 is 15.5 Å². The molecular formula is C31H31ClN6O. The molecule has 0 aliphatic carbocycles. The largest absolute Gasteiger partial charge is 0.349 e. The molecule has 7 nitrogen and oxygen atoms in total. The highest BCUT2D eigenvalue weighted by molar-refractivity contribution is 6.30. The van der Waals surface area contributed by atoms with Crippen molar-refractivity contribution in [3.63, 3.8) is 0 Å². The molecule has 0 atom stereocenters. The van der Waals surface area contributed by atoms with Crippen LogP contribution >= 0.6 is 11.6 Å². The molecule has 3 aromatic carbocycles. The van der Waals surface area contributed by atoms with Crippen molar-refractivity contribution in [1.82, 2.24) is 14.4 Å². The van der Waals surface area contributed by atoms with Gasteiger partial charge in [-0.05, 0) is 55.3 Å². The predicted molar refractivity (Wildman–Crippen MR) is 160 cm³/mol. The van der Waals surface area contributed by atoms with Crippen LogP contribution in [0.2, 0.25) is 5.02 Å². The lowest BCUT2D eigenvalue weighted by Gasteiger charge is -2.25. The van der Waals surface area contributed by atoms with Gasteiger partial charge in [0.1, 0.15) is 0 Å². The first kappa shape index (κ1) is 26.3. The van der Waals surface area contributed by atoms with Gasteiger partial charge in [-0.3, -0.25) is 0 Å². The third-order valence-corrected chi connectivity index (χ3v) is 6.70. The Balaban J connectivity index is 1.43. The molecule has 0 spiro atoms. The number of carbonyl (C=O) groups excluding carboxylic acids is 1. The van der Waals surface area contributed by atoms with E-state index in [4.69, 9.17) is 16.6 Å². The molecule has 39 heavy (non-hydrogen) atoms. The summed E-state index contributed by atoms with van der Waals surface area (Å²) < 4.78 is 2.00. The van der Waals surface area contributed by atoms with Crippen molar-refractivity contribution in [1.29, 1.82) is 0 Å². The molecule has 8 heteroatoms. The van der Waals surface area contributed by atoms with E-state index in [1.165, 1.54) is 0 Å². The standard InChI is InChI=1S/C31H31ClN6O/c1-3-4-17-37(20-23-10-12-25(32)13-11-23)30-29-33-16-18-38(29)21-28(36-30)24-6-5-7-27(19-24)35-31(39)34-26-14-8-22(2)9-15-26/h5-16,18-19,21H,3-4,17,20H2,1-2H3,(H2,34,35,39). The first-order valence-electron chi connectivity index (χ1n) is 13.1. The molecule has 0 saturated heterocycles. The van der Waals surface area contributed by atoms with Crippen LogP contribution in [-0.2, 0) is 6.54 Å². The molecule has 0 aliphatic rings. The van der Waals surface area contributed by atoms with Crippen LogP contribution in [0.25, 0.3) is 16.9 Å². The van der Waals surface area contributed by atoms with Crippen molar-refractivity contribution >= 4 is 40.5 Å². The molecule has 0 fully saturated rings. The maximum Gasteiger partial charge on any atom is 0.323 e. The maximum absolute atomic E-state index is 12.6. The zero-order valence-electron chi connectivity index (χ0n) is 22.1. The summed E-state index contributed by atoms with van der Waals surface area (Å²) in [5.74, 6) is 0.816. The number of hydrogen-bond donors (Lipinski definition) is 2. The van der Waals surface area contributed by atoms with Crippen LogP contribution in [0.1, 0.15) is 30.9 Å². The van der Waals surface area contributed by atoms with Gasteiger partial charge in [-0.1, -0.05) is 66.9 Å². The normalized spacial score (nSPS) is 10.9. The van der Waals surface area contributed by atoms with Crippen molar-refractivity contribution in [3.8, 4) is 11.3 Å². The number of rotatable bonds is 9. The third-order valence-electron chi connectivity index (χ3n) is 6.45. The molecule has 198 valence electrons. The van der Waals surface area contributed by atoms with E-state index in [1.807, 2.05) is 96.5 Å². The van der Waals surface area contributed by atoms with Crippen LogP contribution in [-0.4, -0.2) is 26.9 Å². The van der Waals surface area contributed by atoms with E-state index in [0.717, 1.165) is 63.9 Å². The minimum Gasteiger partial charge on any atom is -0.349 e. The molecular weight excluding hydrogens is 508 g/mol. The fraction of sp³-hybridized carbons (Fsp3) is 0.194. The number of carbonyl (C=O) groups is 1. The Hall–Kier alpha value is -4.36. The van der Waals surface area contributed by atoms with Gasteiger partial charge in [-0.15, -0.1) is 0 Å². The fourth-order valence-corrected chi connectivity index (χ4v) is 4.50. The smallest absolute Gasteiger partial charge is 0.323 e. The number of benzene rings is 3. The molecule has 0 unspecified atom stereocenters. The number of imidazole rings is 1. The number of nitrogens with zero attached hydrogens (tertiary/aromatic N) is 4. The minimum absolute atomic E-state index is 0.302. The van der Waals surface area contributed by atoms with Crippen molar-refractivity contribution in [3.05, 3.63) is 108 Å². The summed E-state index contributed by atoms with van der Waals surface area (Å²) in [6.45, 7) is 5.73. The number of nitrogens with one attached hydrogen (secondary N) is 2. The number of unbranched alkanes of at least 4 members (excludes halogenated alkanes) is 1. The molecule has 2 N–H and O–H groups in total. The molecule has 0 aliphatic heterocycles. The van der Waals surface area contributed by atoms with E-state index in [-0.39, 0.29) is 6.03 Å². The maximum atomic E-state index is 12.6. The first-order valence-corrected chi connectivity index (χ1v) is 13.4. The summed E-state index contributed by atoms with van der Waals surface area (Å²) in [5.41, 5.74) is 6.18. The quantitative estimate of drug-likeness (QED) is 0.201. The summed E-state index contributed by atoms with van der Waals surface area (Å²) in [4.78, 5) is 24.6. The van der Waals surface area contributed by atoms with Gasteiger partial charge >= 0.3 is 6.03 Å². The SMILES string of the molecule is CCCCN(Cc1ccc(Cl)cc1)c1nc(-c2cccc(NC(=O)Nc3ccc(C)cc3)c2)cn2ccnc12. The lowest BCUT2D eigenvalue weighted by Crippen LogP contribution is -2.26. The van der Waals surface area contributed by atoms with Gasteiger partial charge < -0.3 is 19.9 Å². The summed E-state index contributed by atoms with van der Waals surface area (Å²) in [5, 5.41) is 6.52. The van der Waals surface area contributed by atoms with Crippen LogP contribution in [0.15, 0.2) is 91.4 Å². The molecule has 0 bridgehead atoms. The fourth-order valence-electron chi connectivity index (χ4n) is 4.37. The van der Waals surface area contributed by atoms with Crippen molar-refractivity contribution in [2.45, 2.75) is 33.2 Å². The molecule has 0 saturated carbocycles. The molecule has 5 aromatic rings. The summed E-state index contributed by atoms with van der Waals surface area (Å²) in [7, 11) is 0. The highest BCUT2D eigenvalue weighted by Gasteiger charge is 2.17. The molecule has 2 aromatic heterocycles. The van der Waals surface area contributed by atoms with Crippen molar-refractivity contribution < 1.29 is 4.79 Å². The van der Waals surface area contributed by atoms with E-state index >= 15 is 0 Å². The number of aryl methyl sites for hydroxylation is 1. The number of hydrogen-bond acceptors (Lipinski definition) is 4. The van der Waals surface area contributed by atoms with E-state index in [2.05, 4.69) is 27.4 Å². The molecule has 2 heterocycles. The van der Waals surface area contributed by atoms with E-state index in [1.54, 1.807) is 6.20 Å². The van der Waals surface area contributed by atoms with E-state index in [9.17, 15) is 4.79 Å². The van der Waals surface area contributed by atoms with Gasteiger partial charge in [0.05, 0.1) is 5.69 Å². The second-order valence-corrected chi connectivity index (χ2v) is 9.97. The van der Waals surface area contributed by atoms with Gasteiger partial charge in [0.25, 0.3) is 0 Å². The van der Waals surface area contributed by atoms with Crippen LogP contribution in [0.4, 0.5) is 22.0 Å².